The second kappa shape index (κ2) is 14.3. The lowest BCUT2D eigenvalue weighted by molar-refractivity contribution is -0.137. The van der Waals surface area contributed by atoms with E-state index in [9.17, 15) is 31.5 Å². The maximum atomic E-state index is 13.0. The average Bonchev–Trinajstić information content (AvgIpc) is 3.72. The van der Waals surface area contributed by atoms with E-state index in [1.54, 1.807) is 19.1 Å². The van der Waals surface area contributed by atoms with Crippen molar-refractivity contribution in [2.45, 2.75) is 55.1 Å². The van der Waals surface area contributed by atoms with Crippen molar-refractivity contribution in [1.29, 1.82) is 0 Å². The maximum absolute atomic E-state index is 13.0. The first-order valence-corrected chi connectivity index (χ1v) is 16.5. The summed E-state index contributed by atoms with van der Waals surface area (Å²) in [6.45, 7) is 2.89. The van der Waals surface area contributed by atoms with Crippen LogP contribution in [0.1, 0.15) is 47.3 Å². The Bertz CT molecular complexity index is 1570. The van der Waals surface area contributed by atoms with Crippen LogP contribution in [0.25, 0.3) is 0 Å². The average molecular weight is 665 g/mol. The smallest absolute Gasteiger partial charge is 0.416 e. The van der Waals surface area contributed by atoms with Gasteiger partial charge in [-0.25, -0.2) is 18.4 Å². The number of nitrogens with zero attached hydrogens (tertiary/aromatic N) is 3. The number of carbonyl (C=O) groups excluding carboxylic acids is 1. The summed E-state index contributed by atoms with van der Waals surface area (Å²) in [5, 5.41) is 12.6. The summed E-state index contributed by atoms with van der Waals surface area (Å²) in [7, 11) is -3.39. The maximum Gasteiger partial charge on any atom is 0.416 e. The van der Waals surface area contributed by atoms with Crippen molar-refractivity contribution in [3.8, 4) is 5.75 Å². The zero-order valence-electron chi connectivity index (χ0n) is 25.0. The van der Waals surface area contributed by atoms with E-state index < -0.39 is 40.1 Å². The van der Waals surface area contributed by atoms with Crippen molar-refractivity contribution in [2.75, 3.05) is 43.6 Å². The first-order chi connectivity index (χ1) is 22.0. The minimum Gasteiger partial charge on any atom is -0.489 e. The van der Waals surface area contributed by atoms with E-state index in [1.165, 1.54) is 36.7 Å². The third-order valence-corrected chi connectivity index (χ3v) is 9.69. The van der Waals surface area contributed by atoms with E-state index in [1.807, 2.05) is 4.90 Å². The lowest BCUT2D eigenvalue weighted by Crippen LogP contribution is -2.36. The van der Waals surface area contributed by atoms with Gasteiger partial charge in [0.25, 0.3) is 5.91 Å². The Balaban J connectivity index is 1.26. The highest BCUT2D eigenvalue weighted by Crippen LogP contribution is 2.32. The number of hydrogen-bond acceptors (Lipinski definition) is 10. The van der Waals surface area contributed by atoms with E-state index in [4.69, 9.17) is 14.2 Å². The molecule has 1 amide bonds. The molecule has 11 nitrogen and oxygen atoms in total. The quantitative estimate of drug-likeness (QED) is 0.295. The van der Waals surface area contributed by atoms with Gasteiger partial charge in [-0.2, -0.15) is 13.2 Å². The zero-order valence-corrected chi connectivity index (χ0v) is 25.8. The standard InChI is InChI=1S/C31H35F3N4O7S/c1-2-46(41,42)27-9-3-20(4-10-27)28(17-39)37-29(40)21-14-35-30(36-15-21)38-16-26(13-23(38)18-44-25-11-12-43-19-25)45-24-7-5-22(6-8-24)31(32,33)34/h3-10,14-15,23,25-26,28,39H,2,11-13,16-19H2,1H3,(H,37,40)/t23-,25-,26+,28-/m0/s1. The molecule has 0 bridgehead atoms. The van der Waals surface area contributed by atoms with Crippen LogP contribution in [0.15, 0.2) is 65.8 Å². The van der Waals surface area contributed by atoms with Gasteiger partial charge < -0.3 is 29.5 Å². The molecule has 0 aliphatic carbocycles. The fourth-order valence-corrected chi connectivity index (χ4v) is 6.19. The second-order valence-corrected chi connectivity index (χ2v) is 13.4. The van der Waals surface area contributed by atoms with Crippen LogP contribution in [0.5, 0.6) is 5.75 Å². The largest absolute Gasteiger partial charge is 0.489 e. The van der Waals surface area contributed by atoms with Gasteiger partial charge in [-0.1, -0.05) is 19.1 Å². The van der Waals surface area contributed by atoms with Gasteiger partial charge in [0.2, 0.25) is 5.95 Å². The fraction of sp³-hybridized carbons (Fsp3) is 0.452. The Morgan fingerprint density at radius 3 is 2.39 bits per heavy atom. The van der Waals surface area contributed by atoms with Crippen LogP contribution in [-0.2, 0) is 25.5 Å². The summed E-state index contributed by atoms with van der Waals surface area (Å²) in [5.41, 5.74) is -0.101. The Morgan fingerprint density at radius 2 is 1.80 bits per heavy atom. The minimum atomic E-state index is -4.44. The Hall–Kier alpha value is -3.79. The number of halogens is 3. The predicted octanol–water partition coefficient (Wildman–Crippen LogP) is 3.58. The van der Waals surface area contributed by atoms with E-state index in [2.05, 4.69) is 15.3 Å². The molecule has 248 valence electrons. The van der Waals surface area contributed by atoms with Gasteiger partial charge in [0.15, 0.2) is 9.84 Å². The number of ether oxygens (including phenoxy) is 3. The van der Waals surface area contributed by atoms with E-state index in [-0.39, 0.29) is 34.5 Å². The second-order valence-electron chi connectivity index (χ2n) is 11.1. The first kappa shape index (κ1) is 33.6. The summed E-state index contributed by atoms with van der Waals surface area (Å²) in [6.07, 6.45) is -0.895. The van der Waals surface area contributed by atoms with Crippen LogP contribution in [0.3, 0.4) is 0 Å². The molecule has 1 aromatic heterocycles. The third kappa shape index (κ3) is 8.13. The van der Waals surface area contributed by atoms with Crippen LogP contribution in [-0.4, -0.2) is 86.4 Å². The lowest BCUT2D eigenvalue weighted by atomic mass is 10.1. The van der Waals surface area contributed by atoms with Crippen molar-refractivity contribution >= 4 is 21.7 Å². The number of anilines is 1. The lowest BCUT2D eigenvalue weighted by Gasteiger charge is -2.25. The molecule has 0 saturated carbocycles. The molecule has 0 unspecified atom stereocenters. The SMILES string of the molecule is CCS(=O)(=O)c1ccc([C@H](CO)NC(=O)c2cnc(N3C[C@H](Oc4ccc(C(F)(F)F)cc4)C[C@H]3CO[C@H]3CCOC3)nc2)cc1. The number of benzene rings is 2. The number of rotatable bonds is 12. The number of aliphatic hydroxyl groups excluding tert-OH is 1. The van der Waals surface area contributed by atoms with Gasteiger partial charge >= 0.3 is 6.18 Å². The van der Waals surface area contributed by atoms with Crippen molar-refractivity contribution in [1.82, 2.24) is 15.3 Å². The van der Waals surface area contributed by atoms with E-state index >= 15 is 0 Å². The molecular formula is C31H35F3N4O7S. The molecule has 3 heterocycles. The van der Waals surface area contributed by atoms with Crippen molar-refractivity contribution in [3.05, 3.63) is 77.6 Å². The molecule has 0 spiro atoms. The molecule has 15 heteroatoms. The van der Waals surface area contributed by atoms with Gasteiger partial charge in [0.05, 0.1) is 66.3 Å². The van der Waals surface area contributed by atoms with Crippen LogP contribution >= 0.6 is 0 Å². The van der Waals surface area contributed by atoms with E-state index in [0.29, 0.717) is 50.0 Å². The number of nitrogens with one attached hydrogen (secondary N) is 1. The molecule has 5 rings (SSSR count). The van der Waals surface area contributed by atoms with Crippen molar-refractivity contribution in [2.24, 2.45) is 0 Å². The molecule has 2 aromatic carbocycles. The van der Waals surface area contributed by atoms with Gasteiger partial charge in [-0.05, 0) is 48.4 Å². The molecule has 2 saturated heterocycles. The highest BCUT2D eigenvalue weighted by molar-refractivity contribution is 7.91. The molecule has 3 aromatic rings. The van der Waals surface area contributed by atoms with Crippen LogP contribution in [0.4, 0.5) is 19.1 Å². The molecule has 2 N–H and O–H groups in total. The third-order valence-electron chi connectivity index (χ3n) is 7.94. The number of alkyl halides is 3. The molecule has 2 aliphatic heterocycles. The first-order valence-electron chi connectivity index (χ1n) is 14.8. The van der Waals surface area contributed by atoms with Crippen molar-refractivity contribution in [3.63, 3.8) is 0 Å². The topological polar surface area (TPSA) is 140 Å². The summed E-state index contributed by atoms with van der Waals surface area (Å²) in [6, 6.07) is 9.48. The normalized spacial score (nSPS) is 20.9. The molecule has 4 atom stereocenters. The van der Waals surface area contributed by atoms with Gasteiger partial charge in [0, 0.05) is 25.4 Å². The number of hydrogen-bond donors (Lipinski definition) is 2. The fourth-order valence-electron chi connectivity index (χ4n) is 5.31. The Kier molecular flexibility index (Phi) is 10.5. The predicted molar refractivity (Wildman–Crippen MR) is 160 cm³/mol. The number of sulfone groups is 1. The number of aliphatic hydroxyl groups is 1. The molecule has 2 aliphatic rings. The number of aromatic nitrogens is 2. The summed E-state index contributed by atoms with van der Waals surface area (Å²) < 4.78 is 80.6. The van der Waals surface area contributed by atoms with Gasteiger partial charge in [-0.15, -0.1) is 0 Å². The van der Waals surface area contributed by atoms with Crippen LogP contribution in [0, 0.1) is 0 Å². The van der Waals surface area contributed by atoms with Crippen molar-refractivity contribution < 1.29 is 45.7 Å². The van der Waals surface area contributed by atoms with E-state index in [0.717, 1.165) is 18.6 Å². The summed E-state index contributed by atoms with van der Waals surface area (Å²) in [5.74, 6) is 0.0344. The Labute approximate surface area is 264 Å². The molecule has 0 radical (unpaired) electrons. The minimum absolute atomic E-state index is 0.0456. The van der Waals surface area contributed by atoms with Crippen LogP contribution < -0.4 is 15.0 Å². The van der Waals surface area contributed by atoms with Gasteiger partial charge in [0.1, 0.15) is 11.9 Å². The Morgan fingerprint density at radius 1 is 1.11 bits per heavy atom. The molecular weight excluding hydrogens is 629 g/mol. The number of carbonyl (C=O) groups is 1. The number of amides is 1. The van der Waals surface area contributed by atoms with Crippen LogP contribution in [0.2, 0.25) is 0 Å². The summed E-state index contributed by atoms with van der Waals surface area (Å²) >= 11 is 0. The zero-order chi connectivity index (χ0) is 32.9. The molecule has 2 fully saturated rings. The highest BCUT2D eigenvalue weighted by atomic mass is 32.2. The van der Waals surface area contributed by atoms with Gasteiger partial charge in [-0.3, -0.25) is 4.79 Å². The molecule has 46 heavy (non-hydrogen) atoms. The highest BCUT2D eigenvalue weighted by Gasteiger charge is 2.37. The monoisotopic (exact) mass is 664 g/mol. The summed E-state index contributed by atoms with van der Waals surface area (Å²) in [4.78, 5) is 23.9.